The first-order chi connectivity index (χ1) is 12.5. The van der Waals surface area contributed by atoms with Crippen LogP contribution in [0, 0.1) is 0 Å². The Morgan fingerprint density at radius 1 is 0.778 bits per heavy atom. The normalized spacial score (nSPS) is 27.1. The summed E-state index contributed by atoms with van der Waals surface area (Å²) in [7, 11) is 0. The molecular formula is C16H23NO10. The molecule has 152 valence electrons. The molecule has 1 unspecified atom stereocenters. The molecule has 1 saturated heterocycles. The quantitative estimate of drug-likeness (QED) is 0.453. The molecule has 0 aliphatic carbocycles. The summed E-state index contributed by atoms with van der Waals surface area (Å²) in [6.07, 6.45) is -4.97. The number of hydrogen-bond acceptors (Lipinski definition) is 10. The maximum absolute atomic E-state index is 11.6. The van der Waals surface area contributed by atoms with E-state index in [-0.39, 0.29) is 6.61 Å². The molecule has 1 heterocycles. The van der Waals surface area contributed by atoms with Gasteiger partial charge in [-0.25, -0.2) is 0 Å². The molecule has 1 aliphatic rings. The van der Waals surface area contributed by atoms with Crippen LogP contribution in [0.3, 0.4) is 0 Å². The third-order valence-corrected chi connectivity index (χ3v) is 3.35. The summed E-state index contributed by atoms with van der Waals surface area (Å²) in [5.74, 6) is -3.34. The molecule has 1 aliphatic heterocycles. The number of esters is 4. The molecule has 11 heteroatoms. The fourth-order valence-electron chi connectivity index (χ4n) is 2.55. The summed E-state index contributed by atoms with van der Waals surface area (Å²) in [5, 5.41) is 2.46. The highest BCUT2D eigenvalue weighted by molar-refractivity contribution is 5.74. The molecule has 0 spiro atoms. The Labute approximate surface area is 155 Å². The molecule has 0 saturated carbocycles. The molecule has 27 heavy (non-hydrogen) atoms. The topological polar surface area (TPSA) is 144 Å². The largest absolute Gasteiger partial charge is 0.463 e. The highest BCUT2D eigenvalue weighted by atomic mass is 16.7. The maximum Gasteiger partial charge on any atom is 0.305 e. The number of carbonyl (C=O) groups is 5. The van der Waals surface area contributed by atoms with Gasteiger partial charge in [0.25, 0.3) is 0 Å². The molecule has 11 nitrogen and oxygen atoms in total. The van der Waals surface area contributed by atoms with Crippen LogP contribution in [0.1, 0.15) is 34.6 Å². The van der Waals surface area contributed by atoms with Crippen LogP contribution in [0.15, 0.2) is 0 Å². The minimum absolute atomic E-state index is 0.365. The molecule has 0 aromatic heterocycles. The molecule has 5 atom stereocenters. The summed E-state index contributed by atoms with van der Waals surface area (Å²) in [6.45, 7) is 5.36. The van der Waals surface area contributed by atoms with E-state index in [1.165, 1.54) is 6.92 Å². The van der Waals surface area contributed by atoms with Gasteiger partial charge in [-0.15, -0.1) is 0 Å². The van der Waals surface area contributed by atoms with Crippen molar-refractivity contribution < 1.29 is 47.7 Å². The summed E-state index contributed by atoms with van der Waals surface area (Å²) >= 11 is 0. The standard InChI is InChI=1S/C16H23NO10/c1-7(18)17-13-15(25-10(4)21)14(24-9(3)20)12(6-23-8(2)19)27-16(13)26-11(5)22/h12-16H,6H2,1-5H3,(H,17,18)/t12-,13-,14-,15-,16?/m1/s1. The monoisotopic (exact) mass is 389 g/mol. The first-order valence-corrected chi connectivity index (χ1v) is 8.08. The number of carbonyl (C=O) groups excluding carboxylic acids is 5. The van der Waals surface area contributed by atoms with Crippen LogP contribution in [0.2, 0.25) is 0 Å². The number of nitrogens with one attached hydrogen (secondary N) is 1. The molecule has 0 aromatic carbocycles. The van der Waals surface area contributed by atoms with Crippen LogP contribution in [0.4, 0.5) is 0 Å². The van der Waals surface area contributed by atoms with Gasteiger partial charge < -0.3 is 29.0 Å². The Hall–Kier alpha value is -2.69. The third-order valence-electron chi connectivity index (χ3n) is 3.35. The van der Waals surface area contributed by atoms with Gasteiger partial charge in [0, 0.05) is 34.6 Å². The van der Waals surface area contributed by atoms with Crippen LogP contribution >= 0.6 is 0 Å². The highest BCUT2D eigenvalue weighted by Gasteiger charge is 2.52. The summed E-state index contributed by atoms with van der Waals surface area (Å²) < 4.78 is 25.9. The number of hydrogen-bond donors (Lipinski definition) is 1. The average molecular weight is 389 g/mol. The second-order valence-electron chi connectivity index (χ2n) is 5.83. The van der Waals surface area contributed by atoms with Crippen molar-refractivity contribution in [1.82, 2.24) is 5.32 Å². The Bertz CT molecular complexity index is 604. The van der Waals surface area contributed by atoms with Gasteiger partial charge in [0.15, 0.2) is 12.2 Å². The van der Waals surface area contributed by atoms with Gasteiger partial charge in [-0.05, 0) is 0 Å². The predicted octanol–water partition coefficient (Wildman–Crippen LogP) is -0.794. The first kappa shape index (κ1) is 22.4. The van der Waals surface area contributed by atoms with Crippen molar-refractivity contribution in [2.75, 3.05) is 6.61 Å². The van der Waals surface area contributed by atoms with E-state index in [4.69, 9.17) is 23.7 Å². The van der Waals surface area contributed by atoms with E-state index in [2.05, 4.69) is 5.32 Å². The van der Waals surface area contributed by atoms with E-state index in [1.807, 2.05) is 0 Å². The summed E-state index contributed by atoms with van der Waals surface area (Å²) in [4.78, 5) is 57.2. The summed E-state index contributed by atoms with van der Waals surface area (Å²) in [6, 6.07) is -1.16. The molecule has 1 amide bonds. The van der Waals surface area contributed by atoms with Gasteiger partial charge in [-0.2, -0.15) is 0 Å². The van der Waals surface area contributed by atoms with Gasteiger partial charge in [0.2, 0.25) is 12.2 Å². The zero-order valence-corrected chi connectivity index (χ0v) is 15.7. The van der Waals surface area contributed by atoms with Crippen molar-refractivity contribution in [2.24, 2.45) is 0 Å². The van der Waals surface area contributed by atoms with Crippen LogP contribution in [-0.2, 0) is 47.7 Å². The minimum Gasteiger partial charge on any atom is -0.463 e. The SMILES string of the molecule is CC(=O)N[C@H]1C(OC(C)=O)O[C@H](COC(C)=O)[C@@H](OC(C)=O)[C@@H]1OC(C)=O. The van der Waals surface area contributed by atoms with Crippen LogP contribution in [-0.4, -0.2) is 67.0 Å². The first-order valence-electron chi connectivity index (χ1n) is 8.08. The molecular weight excluding hydrogens is 366 g/mol. The van der Waals surface area contributed by atoms with Gasteiger partial charge in [-0.1, -0.05) is 0 Å². The van der Waals surface area contributed by atoms with Gasteiger partial charge in [0.05, 0.1) is 0 Å². The second-order valence-corrected chi connectivity index (χ2v) is 5.83. The molecule has 0 bridgehead atoms. The zero-order valence-electron chi connectivity index (χ0n) is 15.7. The molecule has 1 fully saturated rings. The van der Waals surface area contributed by atoms with Crippen molar-refractivity contribution in [3.05, 3.63) is 0 Å². The van der Waals surface area contributed by atoms with Crippen molar-refractivity contribution in [1.29, 1.82) is 0 Å². The lowest BCUT2D eigenvalue weighted by molar-refractivity contribution is -0.270. The lowest BCUT2D eigenvalue weighted by Gasteiger charge is -2.44. The molecule has 1 rings (SSSR count). The van der Waals surface area contributed by atoms with E-state index in [9.17, 15) is 24.0 Å². The predicted molar refractivity (Wildman–Crippen MR) is 85.8 cm³/mol. The van der Waals surface area contributed by atoms with Gasteiger partial charge >= 0.3 is 23.9 Å². The zero-order chi connectivity index (χ0) is 20.7. The Morgan fingerprint density at radius 2 is 1.30 bits per heavy atom. The number of amides is 1. The second kappa shape index (κ2) is 9.86. The minimum atomic E-state index is -1.37. The van der Waals surface area contributed by atoms with E-state index in [1.54, 1.807) is 0 Å². The third kappa shape index (κ3) is 7.21. The van der Waals surface area contributed by atoms with Crippen LogP contribution < -0.4 is 5.32 Å². The van der Waals surface area contributed by atoms with Crippen molar-refractivity contribution in [2.45, 2.75) is 65.3 Å². The smallest absolute Gasteiger partial charge is 0.305 e. The van der Waals surface area contributed by atoms with Gasteiger partial charge in [-0.3, -0.25) is 24.0 Å². The molecule has 1 N–H and O–H groups in total. The summed E-state index contributed by atoms with van der Waals surface area (Å²) in [5.41, 5.74) is 0. The van der Waals surface area contributed by atoms with Crippen LogP contribution in [0.25, 0.3) is 0 Å². The number of ether oxygens (including phenoxy) is 5. The lowest BCUT2D eigenvalue weighted by Crippen LogP contribution is -2.66. The van der Waals surface area contributed by atoms with Gasteiger partial charge in [0.1, 0.15) is 18.8 Å². The fourth-order valence-corrected chi connectivity index (χ4v) is 2.55. The van der Waals surface area contributed by atoms with Crippen molar-refractivity contribution >= 4 is 29.8 Å². The number of rotatable bonds is 6. The Morgan fingerprint density at radius 3 is 1.74 bits per heavy atom. The maximum atomic E-state index is 11.6. The molecule has 0 radical (unpaired) electrons. The van der Waals surface area contributed by atoms with Crippen LogP contribution in [0.5, 0.6) is 0 Å². The van der Waals surface area contributed by atoms with E-state index < -0.39 is 60.4 Å². The highest BCUT2D eigenvalue weighted by Crippen LogP contribution is 2.28. The van der Waals surface area contributed by atoms with E-state index >= 15 is 0 Å². The van der Waals surface area contributed by atoms with Crippen molar-refractivity contribution in [3.63, 3.8) is 0 Å². The Balaban J connectivity index is 3.29. The fraction of sp³-hybridized carbons (Fsp3) is 0.688. The Kier molecular flexibility index (Phi) is 8.16. The van der Waals surface area contributed by atoms with E-state index in [0.717, 1.165) is 27.7 Å². The lowest BCUT2D eigenvalue weighted by atomic mass is 9.96. The average Bonchev–Trinajstić information content (AvgIpc) is 2.49. The van der Waals surface area contributed by atoms with E-state index in [0.29, 0.717) is 0 Å². The molecule has 0 aromatic rings. The van der Waals surface area contributed by atoms with Crippen molar-refractivity contribution in [3.8, 4) is 0 Å².